The van der Waals surface area contributed by atoms with Crippen molar-refractivity contribution in [1.29, 1.82) is 0 Å². The zero-order valence-corrected chi connectivity index (χ0v) is 12.6. The van der Waals surface area contributed by atoms with Gasteiger partial charge in [0.15, 0.2) is 0 Å². The third-order valence-electron chi connectivity index (χ3n) is 2.12. The molecule has 0 bridgehead atoms. The monoisotopic (exact) mass is 220 g/mol. The molecular weight excluding hydrogens is 199 g/mol. The van der Waals surface area contributed by atoms with Crippen molar-refractivity contribution < 1.29 is 34.4 Å². The summed E-state index contributed by atoms with van der Waals surface area (Å²) in [5, 5.41) is 0. The van der Waals surface area contributed by atoms with Gasteiger partial charge in [-0.25, -0.2) is 0 Å². The summed E-state index contributed by atoms with van der Waals surface area (Å²) in [5.41, 5.74) is 2.36. The summed E-state index contributed by atoms with van der Waals surface area (Å²) in [6.07, 6.45) is 1.41. The van der Waals surface area contributed by atoms with Gasteiger partial charge >= 0.3 is 29.6 Å². The molecular formula is C11H21N2NaO-2. The van der Waals surface area contributed by atoms with Crippen LogP contribution in [0.3, 0.4) is 0 Å². The number of carbonyl (C=O) groups is 1. The van der Waals surface area contributed by atoms with E-state index in [0.717, 1.165) is 6.42 Å². The van der Waals surface area contributed by atoms with Gasteiger partial charge in [-0.3, -0.25) is 4.79 Å². The fourth-order valence-electron chi connectivity index (χ4n) is 0.264. The third kappa shape index (κ3) is 12.1. The summed E-state index contributed by atoms with van der Waals surface area (Å²) < 4.78 is 0. The largest absolute Gasteiger partial charge is 1.00 e. The molecule has 0 heterocycles. The van der Waals surface area contributed by atoms with Crippen LogP contribution in [0.1, 0.15) is 40.5 Å². The van der Waals surface area contributed by atoms with E-state index < -0.39 is 0 Å². The van der Waals surface area contributed by atoms with E-state index in [1.54, 1.807) is 6.92 Å². The maximum Gasteiger partial charge on any atom is 1.00 e. The molecule has 0 saturated carbocycles. The number of nitrogens with one attached hydrogen (secondary N) is 2. The van der Waals surface area contributed by atoms with Crippen molar-refractivity contribution in [2.75, 3.05) is 0 Å². The average Bonchev–Trinajstić information content (AvgIpc) is 2.17. The third-order valence-corrected chi connectivity index (χ3v) is 2.12. The Morgan fingerprint density at radius 2 is 1.93 bits per heavy atom. The molecule has 0 radical (unpaired) electrons. The molecule has 4 heteroatoms. The fraction of sp³-hybridized carbons (Fsp3) is 0.636. The average molecular weight is 220 g/mol. The first kappa shape index (κ1) is 20.6. The Kier molecular flexibility index (Phi) is 14.6. The number of rotatable bonds is 4. The molecule has 0 aliphatic carbocycles. The van der Waals surface area contributed by atoms with Crippen LogP contribution in [-0.2, 0) is 4.79 Å². The summed E-state index contributed by atoms with van der Waals surface area (Å²) in [6.45, 7) is 16.0. The van der Waals surface area contributed by atoms with Crippen LogP contribution in [0.25, 0.3) is 5.84 Å². The summed E-state index contributed by atoms with van der Waals surface area (Å²) >= 11 is 0. The van der Waals surface area contributed by atoms with Gasteiger partial charge < -0.3 is 24.8 Å². The van der Waals surface area contributed by atoms with Crippen molar-refractivity contribution in [2.24, 2.45) is 5.41 Å². The van der Waals surface area contributed by atoms with Crippen LogP contribution in [0.5, 0.6) is 0 Å². The number of carbonyl (C=O) groups excluding carboxylic acids is 1. The van der Waals surface area contributed by atoms with Gasteiger partial charge in [0.25, 0.3) is 0 Å². The number of allylic oxidation sites excluding steroid dienone is 1. The molecule has 0 amide bonds. The summed E-state index contributed by atoms with van der Waals surface area (Å²) in [7, 11) is 0. The summed E-state index contributed by atoms with van der Waals surface area (Å²) in [4.78, 5) is 10.7. The standard InChI is InChI=1S/C7H13O.C4H8N2.Na/c1-5-7(3,4)6(2)8;1-3-4(2)6-5;/h1,5H2,2-4H3;2,5-6H,3H2,1H3;/q-1;-2;+1. The predicted octanol–water partition coefficient (Wildman–Crippen LogP) is 0.0999. The van der Waals surface area contributed by atoms with Crippen molar-refractivity contribution in [1.82, 2.24) is 5.43 Å². The molecule has 0 spiro atoms. The topological polar surface area (TPSA) is 52.9 Å². The number of ketones is 1. The second-order valence-corrected chi connectivity index (χ2v) is 3.69. The molecule has 15 heavy (non-hydrogen) atoms. The second kappa shape index (κ2) is 10.7. The fourth-order valence-corrected chi connectivity index (χ4v) is 0.264. The maximum absolute atomic E-state index is 10.7. The zero-order chi connectivity index (χ0) is 11.8. The van der Waals surface area contributed by atoms with Crippen LogP contribution in [0.2, 0.25) is 0 Å². The van der Waals surface area contributed by atoms with Gasteiger partial charge in [0.2, 0.25) is 0 Å². The minimum atomic E-state index is -0.208. The molecule has 3 nitrogen and oxygen atoms in total. The van der Waals surface area contributed by atoms with Gasteiger partial charge in [0.05, 0.1) is 0 Å². The predicted molar refractivity (Wildman–Crippen MR) is 60.0 cm³/mol. The maximum atomic E-state index is 10.7. The van der Waals surface area contributed by atoms with Crippen LogP contribution >= 0.6 is 0 Å². The first-order valence-corrected chi connectivity index (χ1v) is 4.66. The second-order valence-electron chi connectivity index (χ2n) is 3.69. The van der Waals surface area contributed by atoms with E-state index >= 15 is 0 Å². The van der Waals surface area contributed by atoms with Crippen molar-refractivity contribution in [2.45, 2.75) is 40.5 Å². The molecule has 0 unspecified atom stereocenters. The quantitative estimate of drug-likeness (QED) is 0.415. The molecule has 0 aromatic rings. The van der Waals surface area contributed by atoms with Crippen LogP contribution < -0.4 is 35.0 Å². The Balaban J connectivity index is -0.000000187. The van der Waals surface area contributed by atoms with Crippen molar-refractivity contribution in [3.05, 3.63) is 25.0 Å². The first-order valence-electron chi connectivity index (χ1n) is 4.66. The molecule has 0 saturated heterocycles. The van der Waals surface area contributed by atoms with Crippen LogP contribution in [0.15, 0.2) is 5.70 Å². The minimum Gasteiger partial charge on any atom is -0.589 e. The van der Waals surface area contributed by atoms with Crippen LogP contribution in [0, 0.1) is 18.9 Å². The van der Waals surface area contributed by atoms with Gasteiger partial charge in [-0.05, 0) is 12.3 Å². The van der Waals surface area contributed by atoms with Crippen molar-refractivity contribution in [3.8, 4) is 0 Å². The molecule has 0 aliphatic rings. The Labute approximate surface area is 116 Å². The molecule has 0 aliphatic heterocycles. The van der Waals surface area contributed by atoms with E-state index in [2.05, 4.69) is 12.3 Å². The van der Waals surface area contributed by atoms with Gasteiger partial charge in [0.1, 0.15) is 5.78 Å². The van der Waals surface area contributed by atoms with Gasteiger partial charge in [0, 0.05) is 0 Å². The Bertz CT molecular complexity index is 185. The molecule has 0 rings (SSSR count). The first-order chi connectivity index (χ1) is 6.31. The number of Topliss-reactive ketones (excluding diaryl/α,β-unsaturated/α-hetero) is 1. The van der Waals surface area contributed by atoms with E-state index in [0.29, 0.717) is 12.1 Å². The molecule has 0 atom stereocenters. The molecule has 0 aromatic heterocycles. The van der Waals surface area contributed by atoms with E-state index in [4.69, 9.17) is 12.4 Å². The normalized spacial score (nSPS) is 9.20. The van der Waals surface area contributed by atoms with Crippen LogP contribution in [0.4, 0.5) is 0 Å². The summed E-state index contributed by atoms with van der Waals surface area (Å²) in [6, 6.07) is 0. The Morgan fingerprint density at radius 1 is 1.53 bits per heavy atom. The summed E-state index contributed by atoms with van der Waals surface area (Å²) in [5.74, 6) is 6.61. The number of hydrogen-bond acceptors (Lipinski definition) is 2. The SMILES string of the molecule is [CH-]=C(CC)N[NH-].[CH2-]CC(C)(C)C(C)=O.[Na+]. The van der Waals surface area contributed by atoms with Gasteiger partial charge in [-0.15, -0.1) is 0 Å². The van der Waals surface area contributed by atoms with Gasteiger partial charge in [-0.2, -0.15) is 12.1 Å². The molecule has 0 fully saturated rings. The molecule has 2 N–H and O–H groups in total. The smallest absolute Gasteiger partial charge is 0.589 e. The van der Waals surface area contributed by atoms with Crippen molar-refractivity contribution >= 4 is 5.78 Å². The zero-order valence-electron chi connectivity index (χ0n) is 10.6. The Hall–Kier alpha value is 0.170. The van der Waals surface area contributed by atoms with E-state index in [-0.39, 0.29) is 40.8 Å². The van der Waals surface area contributed by atoms with Crippen molar-refractivity contribution in [3.63, 3.8) is 0 Å². The van der Waals surface area contributed by atoms with Gasteiger partial charge in [-0.1, -0.05) is 27.2 Å². The van der Waals surface area contributed by atoms with Crippen LogP contribution in [-0.4, -0.2) is 5.78 Å². The van der Waals surface area contributed by atoms with E-state index in [1.165, 1.54) is 0 Å². The number of hydrogen-bond donors (Lipinski definition) is 1. The van der Waals surface area contributed by atoms with E-state index in [9.17, 15) is 4.79 Å². The Morgan fingerprint density at radius 3 is 1.93 bits per heavy atom. The minimum absolute atomic E-state index is 0. The molecule has 84 valence electrons. The van der Waals surface area contributed by atoms with E-state index in [1.807, 2.05) is 20.8 Å². The molecule has 0 aromatic carbocycles.